The minimum absolute atomic E-state index is 0.107. The number of nitrogens with zero attached hydrogens (tertiary/aromatic N) is 4. The number of aromatic nitrogens is 1. The second-order valence-corrected chi connectivity index (χ2v) is 6.38. The first-order chi connectivity index (χ1) is 12.1. The molecular weight excluding hydrogens is 336 g/mol. The number of thiazole rings is 1. The fourth-order valence-electron chi connectivity index (χ4n) is 2.54. The van der Waals surface area contributed by atoms with Gasteiger partial charge < -0.3 is 14.7 Å². The van der Waals surface area contributed by atoms with E-state index < -0.39 is 0 Å². The van der Waals surface area contributed by atoms with E-state index in [4.69, 9.17) is 4.74 Å². The first-order valence-electron chi connectivity index (χ1n) is 8.08. The Morgan fingerprint density at radius 2 is 1.92 bits per heavy atom. The Hall–Kier alpha value is -2.67. The summed E-state index contributed by atoms with van der Waals surface area (Å²) in [6.07, 6.45) is 0. The molecule has 1 heterocycles. The molecule has 0 aliphatic rings. The topological polar surface area (TPSA) is 70.3 Å². The molecule has 0 bridgehead atoms. The smallest absolute Gasteiger partial charge is 0.231 e. The maximum atomic E-state index is 10.2. The number of fused-ring (bicyclic) bond motifs is 1. The second kappa shape index (κ2) is 7.48. The first kappa shape index (κ1) is 17.2. The Morgan fingerprint density at radius 1 is 1.12 bits per heavy atom. The van der Waals surface area contributed by atoms with Gasteiger partial charge in [0.15, 0.2) is 0 Å². The van der Waals surface area contributed by atoms with Gasteiger partial charge in [-0.1, -0.05) is 11.3 Å². The van der Waals surface area contributed by atoms with Crippen molar-refractivity contribution in [3.05, 3.63) is 36.4 Å². The number of aromatic hydroxyl groups is 1. The van der Waals surface area contributed by atoms with Crippen LogP contribution in [0, 0.1) is 0 Å². The molecule has 7 heteroatoms. The predicted molar refractivity (Wildman–Crippen MR) is 102 cm³/mol. The summed E-state index contributed by atoms with van der Waals surface area (Å²) in [4.78, 5) is 6.57. The Labute approximate surface area is 150 Å². The van der Waals surface area contributed by atoms with Gasteiger partial charge in [-0.15, -0.1) is 10.2 Å². The van der Waals surface area contributed by atoms with E-state index in [0.29, 0.717) is 10.8 Å². The molecule has 0 atom stereocenters. The molecule has 130 valence electrons. The molecule has 3 rings (SSSR count). The molecule has 0 spiro atoms. The molecule has 0 radical (unpaired) electrons. The highest BCUT2D eigenvalue weighted by Gasteiger charge is 2.08. The monoisotopic (exact) mass is 356 g/mol. The van der Waals surface area contributed by atoms with Gasteiger partial charge in [-0.25, -0.2) is 4.98 Å². The van der Waals surface area contributed by atoms with Crippen LogP contribution in [0.2, 0.25) is 0 Å². The quantitative estimate of drug-likeness (QED) is 0.611. The van der Waals surface area contributed by atoms with E-state index in [1.807, 2.05) is 24.3 Å². The van der Waals surface area contributed by atoms with Crippen LogP contribution in [0.5, 0.6) is 11.5 Å². The lowest BCUT2D eigenvalue weighted by atomic mass is 10.2. The maximum absolute atomic E-state index is 10.2. The standard InChI is InChI=1S/C18H20N4O2S/c1-4-22(5-2)12-6-8-14(16(23)10-12)20-21-18-19-15-9-7-13(24-3)11-17(15)25-18/h6-11,23H,4-5H2,1-3H3. The molecule has 0 amide bonds. The fourth-order valence-corrected chi connectivity index (χ4v) is 3.36. The van der Waals surface area contributed by atoms with Gasteiger partial charge >= 0.3 is 0 Å². The minimum atomic E-state index is 0.107. The van der Waals surface area contributed by atoms with E-state index in [-0.39, 0.29) is 5.75 Å². The third kappa shape index (κ3) is 3.71. The predicted octanol–water partition coefficient (Wildman–Crippen LogP) is 5.27. The molecule has 0 aliphatic carbocycles. The highest BCUT2D eigenvalue weighted by molar-refractivity contribution is 7.21. The van der Waals surface area contributed by atoms with Crippen LogP contribution in [0.25, 0.3) is 10.2 Å². The summed E-state index contributed by atoms with van der Waals surface area (Å²) >= 11 is 1.43. The van der Waals surface area contributed by atoms with E-state index in [1.165, 1.54) is 11.3 Å². The first-order valence-corrected chi connectivity index (χ1v) is 8.90. The van der Waals surface area contributed by atoms with Gasteiger partial charge in [-0.05, 0) is 44.2 Å². The zero-order valence-corrected chi connectivity index (χ0v) is 15.2. The molecule has 25 heavy (non-hydrogen) atoms. The number of anilines is 1. The van der Waals surface area contributed by atoms with Crippen LogP contribution in [0.4, 0.5) is 16.5 Å². The number of benzene rings is 2. The van der Waals surface area contributed by atoms with Gasteiger partial charge in [0, 0.05) is 24.8 Å². The molecule has 6 nitrogen and oxygen atoms in total. The minimum Gasteiger partial charge on any atom is -0.506 e. The van der Waals surface area contributed by atoms with Crippen molar-refractivity contribution >= 4 is 38.1 Å². The Bertz CT molecular complexity index is 903. The van der Waals surface area contributed by atoms with Crippen molar-refractivity contribution in [3.8, 4) is 11.5 Å². The van der Waals surface area contributed by atoms with Gasteiger partial charge in [0.25, 0.3) is 0 Å². The van der Waals surface area contributed by atoms with E-state index in [0.717, 1.165) is 34.7 Å². The van der Waals surface area contributed by atoms with Crippen LogP contribution in [0.15, 0.2) is 46.6 Å². The number of phenolic OH excluding ortho intramolecular Hbond substituents is 1. The van der Waals surface area contributed by atoms with E-state index in [2.05, 4.69) is 34.0 Å². The third-order valence-electron chi connectivity index (χ3n) is 3.92. The van der Waals surface area contributed by atoms with E-state index >= 15 is 0 Å². The lowest BCUT2D eigenvalue weighted by molar-refractivity contribution is 0.415. The maximum Gasteiger partial charge on any atom is 0.231 e. The summed E-state index contributed by atoms with van der Waals surface area (Å²) in [5.41, 5.74) is 2.24. The van der Waals surface area contributed by atoms with Gasteiger partial charge in [0.2, 0.25) is 5.13 Å². The van der Waals surface area contributed by atoms with Crippen LogP contribution >= 0.6 is 11.3 Å². The molecule has 2 aromatic carbocycles. The van der Waals surface area contributed by atoms with E-state index in [9.17, 15) is 5.11 Å². The summed E-state index contributed by atoms with van der Waals surface area (Å²) in [6, 6.07) is 11.1. The molecule has 1 aromatic heterocycles. The summed E-state index contributed by atoms with van der Waals surface area (Å²) in [5, 5.41) is 19.0. The van der Waals surface area contributed by atoms with Crippen molar-refractivity contribution < 1.29 is 9.84 Å². The lowest BCUT2D eigenvalue weighted by Gasteiger charge is -2.21. The molecule has 1 N–H and O–H groups in total. The molecule has 0 saturated carbocycles. The zero-order chi connectivity index (χ0) is 17.8. The van der Waals surface area contributed by atoms with Crippen molar-refractivity contribution in [2.45, 2.75) is 13.8 Å². The number of rotatable bonds is 6. The Balaban J connectivity index is 1.84. The van der Waals surface area contributed by atoms with Gasteiger partial charge in [-0.2, -0.15) is 0 Å². The molecular formula is C18H20N4O2S. The molecule has 0 unspecified atom stereocenters. The zero-order valence-electron chi connectivity index (χ0n) is 14.4. The van der Waals surface area contributed by atoms with Gasteiger partial charge in [-0.3, -0.25) is 0 Å². The van der Waals surface area contributed by atoms with E-state index in [1.54, 1.807) is 19.2 Å². The number of azo groups is 1. The normalized spacial score (nSPS) is 11.3. The number of methoxy groups -OCH3 is 1. The molecule has 0 saturated heterocycles. The third-order valence-corrected chi connectivity index (χ3v) is 4.82. The van der Waals surface area contributed by atoms with Crippen molar-refractivity contribution in [1.82, 2.24) is 4.98 Å². The van der Waals surface area contributed by atoms with Crippen LogP contribution in [-0.2, 0) is 0 Å². The molecule has 0 fully saturated rings. The fraction of sp³-hybridized carbons (Fsp3) is 0.278. The SMILES string of the molecule is CCN(CC)c1ccc(N=Nc2nc3ccc(OC)cc3s2)c(O)c1. The van der Waals surface area contributed by atoms with Crippen LogP contribution in [0.3, 0.4) is 0 Å². The summed E-state index contributed by atoms with van der Waals surface area (Å²) in [7, 11) is 1.63. The highest BCUT2D eigenvalue weighted by Crippen LogP contribution is 2.35. The number of hydrogen-bond acceptors (Lipinski definition) is 7. The van der Waals surface area contributed by atoms with Crippen LogP contribution in [0.1, 0.15) is 13.8 Å². The molecule has 3 aromatic rings. The average molecular weight is 356 g/mol. The van der Waals surface area contributed by atoms with Crippen LogP contribution < -0.4 is 9.64 Å². The lowest BCUT2D eigenvalue weighted by Crippen LogP contribution is -2.21. The van der Waals surface area contributed by atoms with Gasteiger partial charge in [0.05, 0.1) is 17.3 Å². The second-order valence-electron chi connectivity index (χ2n) is 5.38. The van der Waals surface area contributed by atoms with Crippen LogP contribution in [-0.4, -0.2) is 30.3 Å². The molecule has 0 aliphatic heterocycles. The van der Waals surface area contributed by atoms with Gasteiger partial charge in [0.1, 0.15) is 17.2 Å². The Morgan fingerprint density at radius 3 is 2.60 bits per heavy atom. The Kier molecular flexibility index (Phi) is 5.14. The number of ether oxygens (including phenoxy) is 1. The van der Waals surface area contributed by atoms with Crippen molar-refractivity contribution in [2.24, 2.45) is 10.2 Å². The van der Waals surface area contributed by atoms with Crippen molar-refractivity contribution in [1.29, 1.82) is 0 Å². The van der Waals surface area contributed by atoms with Crippen molar-refractivity contribution in [2.75, 3.05) is 25.1 Å². The summed E-state index contributed by atoms with van der Waals surface area (Å²) in [6.45, 7) is 5.92. The number of hydrogen-bond donors (Lipinski definition) is 1. The average Bonchev–Trinajstić information content (AvgIpc) is 3.04. The largest absolute Gasteiger partial charge is 0.506 e. The highest BCUT2D eigenvalue weighted by atomic mass is 32.1. The summed E-state index contributed by atoms with van der Waals surface area (Å²) in [5.74, 6) is 0.889. The summed E-state index contributed by atoms with van der Waals surface area (Å²) < 4.78 is 6.19. The number of phenols is 1. The van der Waals surface area contributed by atoms with Crippen molar-refractivity contribution in [3.63, 3.8) is 0 Å².